The van der Waals surface area contributed by atoms with Crippen LogP contribution in [0.1, 0.15) is 43.4 Å². The highest BCUT2D eigenvalue weighted by atomic mass is 16.5. The fraction of sp³-hybridized carbons (Fsp3) is 0.389. The van der Waals surface area contributed by atoms with E-state index in [9.17, 15) is 9.90 Å². The van der Waals surface area contributed by atoms with Crippen molar-refractivity contribution in [2.24, 2.45) is 0 Å². The molecule has 1 aromatic heterocycles. The molecule has 0 spiro atoms. The molecule has 2 N–H and O–H groups in total. The molecule has 2 aromatic rings. The summed E-state index contributed by atoms with van der Waals surface area (Å²) < 4.78 is 6.09. The summed E-state index contributed by atoms with van der Waals surface area (Å²) in [4.78, 5) is 14.8. The molecule has 4 heteroatoms. The molecule has 2 heterocycles. The molecule has 22 heavy (non-hydrogen) atoms. The van der Waals surface area contributed by atoms with Crippen molar-refractivity contribution in [3.8, 4) is 0 Å². The van der Waals surface area contributed by atoms with Gasteiger partial charge in [0.15, 0.2) is 0 Å². The van der Waals surface area contributed by atoms with E-state index < -0.39 is 11.6 Å². The molecule has 0 aliphatic carbocycles. The molecule has 0 bridgehead atoms. The zero-order valence-corrected chi connectivity index (χ0v) is 12.8. The van der Waals surface area contributed by atoms with Gasteiger partial charge in [-0.1, -0.05) is 31.2 Å². The van der Waals surface area contributed by atoms with E-state index in [1.165, 1.54) is 5.56 Å². The molecule has 1 aliphatic heterocycles. The minimum Gasteiger partial charge on any atom is -0.481 e. The van der Waals surface area contributed by atoms with E-state index in [0.717, 1.165) is 23.0 Å². The Hall–Kier alpha value is -2.07. The van der Waals surface area contributed by atoms with Crippen LogP contribution in [0.3, 0.4) is 0 Å². The number of hydrogen-bond donors (Lipinski definition) is 2. The van der Waals surface area contributed by atoms with Crippen molar-refractivity contribution in [3.63, 3.8) is 0 Å². The summed E-state index contributed by atoms with van der Waals surface area (Å²) in [7, 11) is 0. The maximum absolute atomic E-state index is 11.4. The van der Waals surface area contributed by atoms with E-state index in [0.29, 0.717) is 13.0 Å². The Kier molecular flexibility index (Phi) is 3.79. The molecule has 3 rings (SSSR count). The Balaban J connectivity index is 2.22. The van der Waals surface area contributed by atoms with Crippen molar-refractivity contribution in [2.75, 3.05) is 6.61 Å². The first kappa shape index (κ1) is 14.9. The Morgan fingerprint density at radius 2 is 2.32 bits per heavy atom. The smallest absolute Gasteiger partial charge is 0.306 e. The number of allylic oxidation sites excluding steroid dienone is 1. The monoisotopic (exact) mass is 299 g/mol. The van der Waals surface area contributed by atoms with E-state index >= 15 is 0 Å². The van der Waals surface area contributed by atoms with Gasteiger partial charge < -0.3 is 14.8 Å². The van der Waals surface area contributed by atoms with E-state index in [4.69, 9.17) is 4.74 Å². The first-order chi connectivity index (χ1) is 10.6. The van der Waals surface area contributed by atoms with Crippen molar-refractivity contribution in [3.05, 3.63) is 48.2 Å². The lowest BCUT2D eigenvalue weighted by Crippen LogP contribution is -2.38. The van der Waals surface area contributed by atoms with Crippen molar-refractivity contribution < 1.29 is 14.6 Å². The number of hydrogen-bond acceptors (Lipinski definition) is 2. The minimum absolute atomic E-state index is 0.0237. The summed E-state index contributed by atoms with van der Waals surface area (Å²) in [6.45, 7) is 6.35. The van der Waals surface area contributed by atoms with Gasteiger partial charge in [-0.3, -0.25) is 4.79 Å². The average molecular weight is 299 g/mol. The van der Waals surface area contributed by atoms with Crippen LogP contribution in [0, 0.1) is 0 Å². The molecule has 116 valence electrons. The number of aliphatic carboxylic acids is 1. The molecule has 0 radical (unpaired) electrons. The predicted octanol–water partition coefficient (Wildman–Crippen LogP) is 3.94. The summed E-state index contributed by atoms with van der Waals surface area (Å²) in [5.41, 5.74) is 2.40. The van der Waals surface area contributed by atoms with Crippen LogP contribution in [0.25, 0.3) is 10.9 Å². The SMILES string of the molecule is C=CC[C@@H]1COC(CC)(CC(=O)O)c2[nH]c3ccccc3c21. The van der Waals surface area contributed by atoms with Crippen LogP contribution in [-0.2, 0) is 15.1 Å². The second-order valence-electron chi connectivity index (χ2n) is 5.91. The van der Waals surface area contributed by atoms with Crippen LogP contribution in [0.4, 0.5) is 0 Å². The topological polar surface area (TPSA) is 62.3 Å². The average Bonchev–Trinajstić information content (AvgIpc) is 2.90. The van der Waals surface area contributed by atoms with Crippen LogP contribution in [0.2, 0.25) is 0 Å². The number of carboxylic acid groups (broad SMARTS) is 1. The van der Waals surface area contributed by atoms with Crippen LogP contribution in [0.5, 0.6) is 0 Å². The minimum atomic E-state index is -0.839. The third kappa shape index (κ3) is 2.24. The largest absolute Gasteiger partial charge is 0.481 e. The fourth-order valence-corrected chi connectivity index (χ4v) is 3.54. The van der Waals surface area contributed by atoms with Crippen LogP contribution in [-0.4, -0.2) is 22.7 Å². The second kappa shape index (κ2) is 5.61. The highest BCUT2D eigenvalue weighted by Gasteiger charge is 2.43. The Bertz CT molecular complexity index is 718. The number of fused-ring (bicyclic) bond motifs is 3. The van der Waals surface area contributed by atoms with Gasteiger partial charge in [-0.2, -0.15) is 0 Å². The highest BCUT2D eigenvalue weighted by Crippen LogP contribution is 2.46. The standard InChI is InChI=1S/C18H21NO3/c1-3-7-12-11-22-18(4-2,10-15(20)21)17-16(12)13-8-5-6-9-14(13)19-17/h3,5-6,8-9,12,19H,1,4,7,10-11H2,2H3,(H,20,21)/t12-,18?/m1/s1. The molecule has 1 aromatic carbocycles. The van der Waals surface area contributed by atoms with Gasteiger partial charge in [0.05, 0.1) is 18.7 Å². The Morgan fingerprint density at radius 1 is 1.55 bits per heavy atom. The first-order valence-electron chi connectivity index (χ1n) is 7.69. The molecule has 0 fully saturated rings. The van der Waals surface area contributed by atoms with Crippen LogP contribution < -0.4 is 0 Å². The van der Waals surface area contributed by atoms with E-state index in [2.05, 4.69) is 17.6 Å². The summed E-state index contributed by atoms with van der Waals surface area (Å²) in [6, 6.07) is 8.12. The van der Waals surface area contributed by atoms with Gasteiger partial charge in [0, 0.05) is 16.8 Å². The number of carboxylic acids is 1. The fourth-order valence-electron chi connectivity index (χ4n) is 3.54. The predicted molar refractivity (Wildman–Crippen MR) is 86.0 cm³/mol. The molecule has 1 unspecified atom stereocenters. The first-order valence-corrected chi connectivity index (χ1v) is 7.69. The molecule has 2 atom stereocenters. The Morgan fingerprint density at radius 3 is 3.00 bits per heavy atom. The van der Waals surface area contributed by atoms with Crippen LogP contribution >= 0.6 is 0 Å². The summed E-state index contributed by atoms with van der Waals surface area (Å²) in [5, 5.41) is 10.5. The normalized spacial score (nSPS) is 24.1. The van der Waals surface area contributed by atoms with Gasteiger partial charge in [-0.05, 0) is 24.5 Å². The van der Waals surface area contributed by atoms with Crippen molar-refractivity contribution in [1.82, 2.24) is 4.98 Å². The summed E-state index contributed by atoms with van der Waals surface area (Å²) >= 11 is 0. The number of benzene rings is 1. The van der Waals surface area contributed by atoms with Crippen molar-refractivity contribution in [2.45, 2.75) is 37.7 Å². The van der Waals surface area contributed by atoms with Crippen molar-refractivity contribution in [1.29, 1.82) is 0 Å². The quantitative estimate of drug-likeness (QED) is 0.822. The molecule has 1 aliphatic rings. The molecule has 0 amide bonds. The number of nitrogens with one attached hydrogen (secondary N) is 1. The molecular formula is C18H21NO3. The molecular weight excluding hydrogens is 278 g/mol. The number of rotatable bonds is 5. The zero-order valence-electron chi connectivity index (χ0n) is 12.8. The van der Waals surface area contributed by atoms with Gasteiger partial charge >= 0.3 is 5.97 Å². The number of ether oxygens (including phenoxy) is 1. The lowest BCUT2D eigenvalue weighted by molar-refractivity contribution is -0.149. The second-order valence-corrected chi connectivity index (χ2v) is 5.91. The zero-order chi connectivity index (χ0) is 15.7. The highest BCUT2D eigenvalue weighted by molar-refractivity contribution is 5.86. The number of H-pyrrole nitrogens is 1. The number of carbonyl (C=O) groups is 1. The summed E-state index contributed by atoms with van der Waals surface area (Å²) in [5.74, 6) is -0.620. The van der Waals surface area contributed by atoms with Gasteiger partial charge in [0.25, 0.3) is 0 Å². The maximum atomic E-state index is 11.4. The van der Waals surface area contributed by atoms with Gasteiger partial charge in [-0.25, -0.2) is 0 Å². The van der Waals surface area contributed by atoms with Crippen LogP contribution in [0.15, 0.2) is 36.9 Å². The molecule has 0 saturated carbocycles. The van der Waals surface area contributed by atoms with Gasteiger partial charge in [0.1, 0.15) is 5.60 Å². The van der Waals surface area contributed by atoms with E-state index in [-0.39, 0.29) is 12.3 Å². The van der Waals surface area contributed by atoms with Gasteiger partial charge in [0.2, 0.25) is 0 Å². The molecule has 4 nitrogen and oxygen atoms in total. The lowest BCUT2D eigenvalue weighted by Gasteiger charge is -2.39. The number of aromatic nitrogens is 1. The third-order valence-corrected chi connectivity index (χ3v) is 4.63. The van der Waals surface area contributed by atoms with Gasteiger partial charge in [-0.15, -0.1) is 6.58 Å². The molecule has 0 saturated heterocycles. The van der Waals surface area contributed by atoms with E-state index in [1.807, 2.05) is 31.2 Å². The maximum Gasteiger partial charge on any atom is 0.306 e. The number of para-hydroxylation sites is 1. The third-order valence-electron chi connectivity index (χ3n) is 4.63. The summed E-state index contributed by atoms with van der Waals surface area (Å²) in [6.07, 6.45) is 3.32. The Labute approximate surface area is 129 Å². The lowest BCUT2D eigenvalue weighted by atomic mass is 9.81. The van der Waals surface area contributed by atoms with Crippen molar-refractivity contribution >= 4 is 16.9 Å². The number of aromatic amines is 1. The van der Waals surface area contributed by atoms with E-state index in [1.54, 1.807) is 0 Å².